The molecular formula is C48H34FN5. The van der Waals surface area contributed by atoms with E-state index in [9.17, 15) is 0 Å². The molecular weight excluding hydrogens is 666 g/mol. The Kier molecular flexibility index (Phi) is 6.48. The summed E-state index contributed by atoms with van der Waals surface area (Å²) < 4.78 is 21.6. The first-order chi connectivity index (χ1) is 26.5. The number of anilines is 3. The summed E-state index contributed by atoms with van der Waals surface area (Å²) in [4.78, 5) is 11.8. The molecule has 5 nitrogen and oxygen atoms in total. The molecule has 10 aromatic rings. The van der Waals surface area contributed by atoms with E-state index < -0.39 is 6.17 Å². The number of pyridine rings is 2. The second-order valence-electron chi connectivity index (χ2n) is 14.8. The normalized spacial score (nSPS) is 14.2. The Hall–Kier alpha value is -6.79. The smallest absolute Gasteiger partial charge is 0.150 e. The van der Waals surface area contributed by atoms with Gasteiger partial charge in [0.25, 0.3) is 0 Å². The molecule has 1 aliphatic rings. The van der Waals surface area contributed by atoms with E-state index >= 15 is 4.39 Å². The molecule has 6 heteroatoms. The summed E-state index contributed by atoms with van der Waals surface area (Å²) >= 11 is 0. The Balaban J connectivity index is 1.12. The van der Waals surface area contributed by atoms with Gasteiger partial charge in [0.05, 0.1) is 27.9 Å². The van der Waals surface area contributed by atoms with Crippen LogP contribution in [0.4, 0.5) is 21.6 Å². The highest BCUT2D eigenvalue weighted by molar-refractivity contribution is 6.13. The van der Waals surface area contributed by atoms with Gasteiger partial charge in [-0.15, -0.1) is 0 Å². The van der Waals surface area contributed by atoms with Gasteiger partial charge < -0.3 is 4.57 Å². The monoisotopic (exact) mass is 699 g/mol. The molecule has 0 radical (unpaired) electrons. The van der Waals surface area contributed by atoms with Gasteiger partial charge in [-0.05, 0) is 88.3 Å². The lowest BCUT2D eigenvalue weighted by Gasteiger charge is -2.42. The fourth-order valence-electron chi connectivity index (χ4n) is 8.91. The van der Waals surface area contributed by atoms with Gasteiger partial charge in [0.1, 0.15) is 11.5 Å². The van der Waals surface area contributed by atoms with Gasteiger partial charge >= 0.3 is 0 Å². The highest BCUT2D eigenvalue weighted by Crippen LogP contribution is 2.54. The average molecular weight is 700 g/mol. The van der Waals surface area contributed by atoms with Crippen LogP contribution in [0.25, 0.3) is 54.8 Å². The first kappa shape index (κ1) is 30.8. The van der Waals surface area contributed by atoms with Crippen LogP contribution in [0.15, 0.2) is 164 Å². The van der Waals surface area contributed by atoms with Crippen LogP contribution in [0.2, 0.25) is 0 Å². The van der Waals surface area contributed by atoms with Crippen LogP contribution in [0.1, 0.15) is 42.3 Å². The van der Waals surface area contributed by atoms with Gasteiger partial charge in [-0.25, -0.2) is 14.4 Å². The van der Waals surface area contributed by atoms with Crippen molar-refractivity contribution >= 4 is 66.3 Å². The summed E-state index contributed by atoms with van der Waals surface area (Å²) in [5.41, 5.74) is 10.3. The molecule has 54 heavy (non-hydrogen) atoms. The van der Waals surface area contributed by atoms with E-state index in [0.29, 0.717) is 11.1 Å². The molecule has 258 valence electrons. The Morgan fingerprint density at radius 2 is 1.24 bits per heavy atom. The lowest BCUT2D eigenvalue weighted by atomic mass is 9.72. The van der Waals surface area contributed by atoms with Gasteiger partial charge in [-0.2, -0.15) is 0 Å². The van der Waals surface area contributed by atoms with Crippen LogP contribution in [0.3, 0.4) is 0 Å². The molecule has 6 aromatic carbocycles. The zero-order valence-electron chi connectivity index (χ0n) is 29.8. The van der Waals surface area contributed by atoms with Crippen molar-refractivity contribution in [2.75, 3.05) is 4.90 Å². The number of aromatic nitrogens is 4. The molecule has 1 unspecified atom stereocenters. The number of halogens is 1. The van der Waals surface area contributed by atoms with Crippen LogP contribution in [-0.4, -0.2) is 18.9 Å². The summed E-state index contributed by atoms with van der Waals surface area (Å²) in [6.45, 7) is 4.55. The first-order valence-electron chi connectivity index (χ1n) is 18.4. The lowest BCUT2D eigenvalue weighted by Crippen LogP contribution is -2.31. The molecule has 0 fully saturated rings. The Morgan fingerprint density at radius 1 is 0.537 bits per heavy atom. The largest absolute Gasteiger partial charge is 0.309 e. The van der Waals surface area contributed by atoms with Crippen LogP contribution >= 0.6 is 0 Å². The number of para-hydroxylation sites is 3. The van der Waals surface area contributed by atoms with Gasteiger partial charge in [0.15, 0.2) is 6.17 Å². The molecule has 1 atom stereocenters. The third-order valence-electron chi connectivity index (χ3n) is 11.5. The molecule has 5 heterocycles. The summed E-state index contributed by atoms with van der Waals surface area (Å²) in [6.07, 6.45) is 4.24. The Labute approximate surface area is 311 Å². The first-order valence-corrected chi connectivity index (χ1v) is 18.4. The Bertz CT molecular complexity index is 3110. The highest BCUT2D eigenvalue weighted by Gasteiger charge is 2.39. The lowest BCUT2D eigenvalue weighted by molar-refractivity contribution is 0.402. The minimum Gasteiger partial charge on any atom is -0.309 e. The van der Waals surface area contributed by atoms with E-state index in [4.69, 9.17) is 9.97 Å². The van der Waals surface area contributed by atoms with Crippen LogP contribution < -0.4 is 4.90 Å². The summed E-state index contributed by atoms with van der Waals surface area (Å²) in [5.74, 6) is 0.782. The SMILES string of the molecule is CC1(C)c2ccc(C(F)c3ccc4c5ccccc5n5ccnc5c4c3)cc2N(c2ccccn2)c2cc3c(cc21)c1ccccc1n3-c1ccccc1. The van der Waals surface area contributed by atoms with E-state index in [1.54, 1.807) is 0 Å². The van der Waals surface area contributed by atoms with E-state index in [-0.39, 0.29) is 5.41 Å². The fourth-order valence-corrected chi connectivity index (χ4v) is 8.91. The standard InChI is InChI=1S/C48H34FN5/c1-48(2)38-22-20-31(46(49)30-19-21-33-34-14-6-8-16-40(34)52-25-24-51-47(52)37(33)26-30)27-43(38)54(45-18-10-11-23-50-45)44-29-42-36(28-39(44)48)35-15-7-9-17-41(35)53(42)32-12-4-3-5-13-32/h3-29,46H,1-2H3. The maximum absolute atomic E-state index is 17.1. The third-order valence-corrected chi connectivity index (χ3v) is 11.5. The number of nitrogens with zero attached hydrogens (tertiary/aromatic N) is 5. The van der Waals surface area contributed by atoms with Crippen molar-refractivity contribution in [2.24, 2.45) is 0 Å². The molecule has 11 rings (SSSR count). The summed E-state index contributed by atoms with van der Waals surface area (Å²) in [7, 11) is 0. The number of alkyl halides is 1. The van der Waals surface area contributed by atoms with Gasteiger partial charge in [-0.3, -0.25) is 9.30 Å². The average Bonchev–Trinajstić information content (AvgIpc) is 3.84. The molecule has 0 N–H and O–H groups in total. The number of rotatable bonds is 4. The van der Waals surface area contributed by atoms with E-state index in [1.807, 2.05) is 79.3 Å². The van der Waals surface area contributed by atoms with Crippen molar-refractivity contribution in [1.29, 1.82) is 0 Å². The molecule has 0 bridgehead atoms. The Morgan fingerprint density at radius 3 is 2.06 bits per heavy atom. The maximum atomic E-state index is 17.1. The second kappa shape index (κ2) is 11.4. The van der Waals surface area contributed by atoms with E-state index in [2.05, 4.69) is 113 Å². The van der Waals surface area contributed by atoms with Crippen LogP contribution in [0.5, 0.6) is 0 Å². The van der Waals surface area contributed by atoms with E-state index in [1.165, 1.54) is 16.3 Å². The molecule has 0 saturated heterocycles. The fraction of sp³-hybridized carbons (Fsp3) is 0.0833. The summed E-state index contributed by atoms with van der Waals surface area (Å²) in [6, 6.07) is 50.2. The highest BCUT2D eigenvalue weighted by atomic mass is 19.1. The van der Waals surface area contributed by atoms with Gasteiger partial charge in [0, 0.05) is 51.2 Å². The number of hydrogen-bond acceptors (Lipinski definition) is 3. The third kappa shape index (κ3) is 4.31. The number of benzene rings is 6. The molecule has 0 spiro atoms. The van der Waals surface area contributed by atoms with Crippen LogP contribution in [-0.2, 0) is 5.41 Å². The topological polar surface area (TPSA) is 38.4 Å². The molecule has 4 aromatic heterocycles. The summed E-state index contributed by atoms with van der Waals surface area (Å²) in [5, 5.41) is 5.50. The van der Waals surface area contributed by atoms with Gasteiger partial charge in [-0.1, -0.05) is 98.8 Å². The van der Waals surface area contributed by atoms with Crippen molar-refractivity contribution in [3.8, 4) is 5.69 Å². The van der Waals surface area contributed by atoms with Crippen LogP contribution in [0, 0.1) is 0 Å². The predicted octanol–water partition coefficient (Wildman–Crippen LogP) is 12.3. The maximum Gasteiger partial charge on any atom is 0.150 e. The number of hydrogen-bond donors (Lipinski definition) is 0. The van der Waals surface area contributed by atoms with Crippen molar-refractivity contribution in [3.05, 3.63) is 186 Å². The van der Waals surface area contributed by atoms with Gasteiger partial charge in [0.2, 0.25) is 0 Å². The van der Waals surface area contributed by atoms with Crippen molar-refractivity contribution in [2.45, 2.75) is 25.4 Å². The number of fused-ring (bicyclic) bond motifs is 11. The molecule has 1 aliphatic heterocycles. The minimum absolute atomic E-state index is 0.388. The molecule has 0 amide bonds. The van der Waals surface area contributed by atoms with E-state index in [0.717, 1.165) is 66.8 Å². The second-order valence-corrected chi connectivity index (χ2v) is 14.8. The molecule has 0 saturated carbocycles. The zero-order chi connectivity index (χ0) is 36.1. The molecule has 0 aliphatic carbocycles. The zero-order valence-corrected chi connectivity index (χ0v) is 29.8. The quantitative estimate of drug-likeness (QED) is 0.172. The van der Waals surface area contributed by atoms with Crippen molar-refractivity contribution < 1.29 is 4.39 Å². The number of imidazole rings is 1. The van der Waals surface area contributed by atoms with Crippen molar-refractivity contribution in [3.63, 3.8) is 0 Å². The predicted molar refractivity (Wildman–Crippen MR) is 219 cm³/mol. The minimum atomic E-state index is -1.36. The van der Waals surface area contributed by atoms with Crippen molar-refractivity contribution in [1.82, 2.24) is 18.9 Å².